The van der Waals surface area contributed by atoms with Crippen molar-refractivity contribution in [2.45, 2.75) is 31.4 Å². The summed E-state index contributed by atoms with van der Waals surface area (Å²) >= 11 is 1.20. The third-order valence-electron chi connectivity index (χ3n) is 6.70. The van der Waals surface area contributed by atoms with Gasteiger partial charge in [0.05, 0.1) is 40.9 Å². The van der Waals surface area contributed by atoms with E-state index in [4.69, 9.17) is 0 Å². The number of alkyl halides is 6. The van der Waals surface area contributed by atoms with Crippen LogP contribution in [0, 0.1) is 5.92 Å². The number of aliphatic hydroxyl groups excluding tert-OH is 1. The highest BCUT2D eigenvalue weighted by atomic mass is 32.2. The number of amides is 1. The lowest BCUT2D eigenvalue weighted by molar-refractivity contribution is -0.143. The summed E-state index contributed by atoms with van der Waals surface area (Å²) in [4.78, 5) is 17.3. The van der Waals surface area contributed by atoms with Crippen molar-refractivity contribution in [3.05, 3.63) is 69.8 Å². The second kappa shape index (κ2) is 10.9. The van der Waals surface area contributed by atoms with Crippen molar-refractivity contribution in [3.63, 3.8) is 0 Å². The molecule has 2 unspecified atom stereocenters. The maximum Gasteiger partial charge on any atom is 0.416 e. The lowest BCUT2D eigenvalue weighted by atomic mass is 10.0. The molecule has 1 amide bonds. The van der Waals surface area contributed by atoms with Crippen molar-refractivity contribution in [2.75, 3.05) is 19.7 Å². The maximum atomic E-state index is 13.6. The summed E-state index contributed by atoms with van der Waals surface area (Å²) in [5.74, 6) is -0.0387. The van der Waals surface area contributed by atoms with Gasteiger partial charge < -0.3 is 15.7 Å². The van der Waals surface area contributed by atoms with Crippen molar-refractivity contribution in [1.82, 2.24) is 20.4 Å². The van der Waals surface area contributed by atoms with E-state index in [1.807, 2.05) is 0 Å². The first-order valence-corrected chi connectivity index (χ1v) is 13.0. The molecule has 0 aliphatic carbocycles. The number of amidine groups is 1. The average molecular weight is 584 g/mol. The average Bonchev–Trinajstić information content (AvgIpc) is 3.60. The molecule has 1 aromatic heterocycles. The number of thioether (sulfide) groups is 1. The van der Waals surface area contributed by atoms with Crippen LogP contribution in [0.25, 0.3) is 17.0 Å². The standard InChI is InChI=1S/C26H23F6N5O2S/c27-25(28,29)18-3-2-16(20(8-18)26(30,31)32)12-37-21-4-1-14(5-17(21)11-35-37)7-22-23(39)36-24(40-22)34-10-15-6-19(13-38)33-9-15/h1-5,7-8,11,15,19,33,38H,6,9-10,12-13H2,(H,34,36,39). The number of benzene rings is 2. The van der Waals surface area contributed by atoms with Crippen LogP contribution in [0.3, 0.4) is 0 Å². The molecule has 5 rings (SSSR count). The lowest BCUT2D eigenvalue weighted by Gasteiger charge is -2.16. The summed E-state index contributed by atoms with van der Waals surface area (Å²) in [6, 6.07) is 6.64. The van der Waals surface area contributed by atoms with Gasteiger partial charge in [0.15, 0.2) is 5.17 Å². The summed E-state index contributed by atoms with van der Waals surface area (Å²) in [6.45, 7) is 0.940. The van der Waals surface area contributed by atoms with Crippen LogP contribution >= 0.6 is 11.8 Å². The van der Waals surface area contributed by atoms with Crippen LogP contribution in [0.4, 0.5) is 26.3 Å². The van der Waals surface area contributed by atoms with E-state index in [2.05, 4.69) is 20.7 Å². The predicted molar refractivity (Wildman–Crippen MR) is 138 cm³/mol. The van der Waals surface area contributed by atoms with Crippen molar-refractivity contribution >= 4 is 39.8 Å². The summed E-state index contributed by atoms with van der Waals surface area (Å²) in [7, 11) is 0. The molecule has 2 aromatic carbocycles. The fraction of sp³-hybridized carbons (Fsp3) is 0.346. The molecule has 2 aliphatic heterocycles. The summed E-state index contributed by atoms with van der Waals surface area (Å²) in [5.41, 5.74) is -1.96. The molecular weight excluding hydrogens is 560 g/mol. The zero-order valence-electron chi connectivity index (χ0n) is 20.7. The molecule has 0 bridgehead atoms. The molecule has 212 valence electrons. The number of rotatable bonds is 6. The smallest absolute Gasteiger partial charge is 0.395 e. The van der Waals surface area contributed by atoms with Gasteiger partial charge in [-0.25, -0.2) is 0 Å². The molecule has 14 heteroatoms. The van der Waals surface area contributed by atoms with Gasteiger partial charge in [0.2, 0.25) is 0 Å². The maximum absolute atomic E-state index is 13.6. The third kappa shape index (κ3) is 6.18. The Kier molecular flexibility index (Phi) is 7.68. The molecule has 3 heterocycles. The molecule has 0 saturated carbocycles. The monoisotopic (exact) mass is 583 g/mol. The second-order valence-electron chi connectivity index (χ2n) is 9.59. The van der Waals surface area contributed by atoms with Gasteiger partial charge in [-0.2, -0.15) is 31.4 Å². The zero-order chi connectivity index (χ0) is 28.7. The van der Waals surface area contributed by atoms with Crippen LogP contribution in [0.2, 0.25) is 0 Å². The quantitative estimate of drug-likeness (QED) is 0.290. The fourth-order valence-corrected chi connectivity index (χ4v) is 5.51. The van der Waals surface area contributed by atoms with Gasteiger partial charge in [-0.05, 0) is 65.6 Å². The van der Waals surface area contributed by atoms with E-state index >= 15 is 0 Å². The van der Waals surface area contributed by atoms with Gasteiger partial charge in [0.25, 0.3) is 5.91 Å². The molecule has 0 spiro atoms. The molecular formula is C26H23F6N5O2S. The van der Waals surface area contributed by atoms with Crippen LogP contribution in [-0.4, -0.2) is 51.7 Å². The molecule has 2 aliphatic rings. The Hall–Kier alpha value is -3.36. The van der Waals surface area contributed by atoms with E-state index in [9.17, 15) is 36.2 Å². The molecule has 3 N–H and O–H groups in total. The second-order valence-corrected chi connectivity index (χ2v) is 10.6. The molecule has 2 atom stereocenters. The van der Waals surface area contributed by atoms with Gasteiger partial charge in [-0.3, -0.25) is 14.5 Å². The number of fused-ring (bicyclic) bond motifs is 1. The first-order chi connectivity index (χ1) is 18.9. The predicted octanol–water partition coefficient (Wildman–Crippen LogP) is 4.65. The van der Waals surface area contributed by atoms with E-state index in [0.717, 1.165) is 19.0 Å². The Morgan fingerprint density at radius 2 is 1.93 bits per heavy atom. The van der Waals surface area contributed by atoms with E-state index in [1.165, 1.54) is 22.6 Å². The molecule has 0 radical (unpaired) electrons. The van der Waals surface area contributed by atoms with Gasteiger partial charge in [-0.1, -0.05) is 12.1 Å². The number of nitrogens with zero attached hydrogens (tertiary/aromatic N) is 3. The van der Waals surface area contributed by atoms with Crippen molar-refractivity contribution in [1.29, 1.82) is 0 Å². The minimum atomic E-state index is -4.98. The summed E-state index contributed by atoms with van der Waals surface area (Å²) < 4.78 is 81.0. The highest BCUT2D eigenvalue weighted by Crippen LogP contribution is 2.38. The fourth-order valence-electron chi connectivity index (χ4n) is 4.68. The van der Waals surface area contributed by atoms with Gasteiger partial charge >= 0.3 is 12.4 Å². The van der Waals surface area contributed by atoms with E-state index in [-0.39, 0.29) is 42.6 Å². The molecule has 2 saturated heterocycles. The number of hydrogen-bond donors (Lipinski definition) is 3. The van der Waals surface area contributed by atoms with Crippen molar-refractivity contribution in [3.8, 4) is 0 Å². The SMILES string of the molecule is O=C1NC(=NCC2CNC(CO)C2)SC1=Cc1ccc2c(cnn2Cc2ccc(C(F)(F)F)cc2C(F)(F)F)c1. The zero-order valence-corrected chi connectivity index (χ0v) is 21.5. The first kappa shape index (κ1) is 28.2. The van der Waals surface area contributed by atoms with E-state index < -0.39 is 23.5 Å². The number of halogens is 6. The first-order valence-electron chi connectivity index (χ1n) is 12.2. The summed E-state index contributed by atoms with van der Waals surface area (Å²) in [6.07, 6.45) is -5.97. The lowest BCUT2D eigenvalue weighted by Crippen LogP contribution is -2.24. The molecule has 3 aromatic rings. The number of carbonyl (C=O) groups excluding carboxylic acids is 1. The number of aromatic nitrogens is 2. The van der Waals surface area contributed by atoms with E-state index in [1.54, 1.807) is 24.3 Å². The number of hydrogen-bond acceptors (Lipinski definition) is 6. The van der Waals surface area contributed by atoms with Gasteiger partial charge in [0.1, 0.15) is 0 Å². The van der Waals surface area contributed by atoms with Gasteiger partial charge in [0, 0.05) is 24.5 Å². The van der Waals surface area contributed by atoms with Crippen molar-refractivity contribution < 1.29 is 36.2 Å². The Labute approximate surface area is 228 Å². The Morgan fingerprint density at radius 3 is 2.62 bits per heavy atom. The largest absolute Gasteiger partial charge is 0.416 e. The molecule has 40 heavy (non-hydrogen) atoms. The molecule has 7 nitrogen and oxygen atoms in total. The number of carbonyl (C=O) groups is 1. The van der Waals surface area contributed by atoms with E-state index in [0.29, 0.717) is 39.2 Å². The third-order valence-corrected chi connectivity index (χ3v) is 7.65. The Bertz CT molecular complexity index is 1500. The van der Waals surface area contributed by atoms with Crippen LogP contribution in [-0.2, 0) is 23.7 Å². The minimum Gasteiger partial charge on any atom is -0.395 e. The Balaban J connectivity index is 1.32. The summed E-state index contributed by atoms with van der Waals surface area (Å²) in [5, 5.41) is 20.4. The van der Waals surface area contributed by atoms with Crippen LogP contribution in [0.1, 0.15) is 28.7 Å². The van der Waals surface area contributed by atoms with Crippen LogP contribution < -0.4 is 10.6 Å². The van der Waals surface area contributed by atoms with Crippen LogP contribution in [0.5, 0.6) is 0 Å². The van der Waals surface area contributed by atoms with Gasteiger partial charge in [-0.15, -0.1) is 0 Å². The van der Waals surface area contributed by atoms with Crippen LogP contribution in [0.15, 0.2) is 52.5 Å². The highest BCUT2D eigenvalue weighted by Gasteiger charge is 2.38. The number of aliphatic hydroxyl groups is 1. The number of nitrogens with one attached hydrogen (secondary N) is 2. The highest BCUT2D eigenvalue weighted by molar-refractivity contribution is 8.18. The normalized spacial score (nSPS) is 22.1. The number of aliphatic imine (C=N–C) groups is 1. The molecule has 2 fully saturated rings. The Morgan fingerprint density at radius 1 is 1.12 bits per heavy atom. The van der Waals surface area contributed by atoms with Crippen molar-refractivity contribution in [2.24, 2.45) is 10.9 Å². The topological polar surface area (TPSA) is 91.5 Å². The minimum absolute atomic E-state index is 0.0624.